The smallest absolute Gasteiger partial charge is 0.316 e. The fourth-order valence-corrected chi connectivity index (χ4v) is 0.532. The van der Waals surface area contributed by atoms with Gasteiger partial charge in [-0.25, -0.2) is 0 Å². The number of nitrogens with two attached hydrogens (primary N) is 1. The molecule has 0 radical (unpaired) electrons. The average Bonchev–Trinajstić information content (AvgIpc) is 1.82. The summed E-state index contributed by atoms with van der Waals surface area (Å²) in [5.74, 6) is -1.52. The van der Waals surface area contributed by atoms with E-state index in [4.69, 9.17) is 10.8 Å². The van der Waals surface area contributed by atoms with Crippen molar-refractivity contribution in [2.45, 2.75) is 18.1 Å². The molecule has 0 aliphatic carbocycles. The van der Waals surface area contributed by atoms with Gasteiger partial charge in [0.25, 0.3) is 0 Å². The van der Waals surface area contributed by atoms with Crippen LogP contribution in [-0.4, -0.2) is 22.2 Å². The Balaban J connectivity index is 3.49. The van der Waals surface area contributed by atoms with Gasteiger partial charge >= 0.3 is 5.97 Å². The van der Waals surface area contributed by atoms with Crippen LogP contribution in [0.25, 0.3) is 0 Å². The predicted octanol–water partition coefficient (Wildman–Crippen LogP) is -0.365. The number of aliphatic carboxylic acids is 1. The Hall–Kier alpha value is -0.710. The van der Waals surface area contributed by atoms with Crippen molar-refractivity contribution in [1.29, 1.82) is 0 Å². The van der Waals surface area contributed by atoms with Gasteiger partial charge in [0.15, 0.2) is 0 Å². The van der Waals surface area contributed by atoms with Crippen LogP contribution < -0.4 is 5.73 Å². The second kappa shape index (κ2) is 4.16. The van der Waals surface area contributed by atoms with Crippen LogP contribution in [0, 0.1) is 0 Å². The molecule has 0 spiro atoms. The molecule has 0 bridgehead atoms. The molecule has 58 valence electrons. The van der Waals surface area contributed by atoms with Gasteiger partial charge in [-0.1, -0.05) is 0 Å². The molecule has 0 aliphatic rings. The maximum Gasteiger partial charge on any atom is 0.316 e. The first-order chi connectivity index (χ1) is 4.54. The number of primary amides is 1. The summed E-state index contributed by atoms with van der Waals surface area (Å²) in [5.41, 5.74) is 4.78. The van der Waals surface area contributed by atoms with Crippen molar-refractivity contribution in [3.63, 3.8) is 0 Å². The molecular weight excluding hydrogens is 154 g/mol. The van der Waals surface area contributed by atoms with Gasteiger partial charge in [0, 0.05) is 6.42 Å². The lowest BCUT2D eigenvalue weighted by molar-refractivity contribution is -0.136. The highest BCUT2D eigenvalue weighted by Gasteiger charge is 2.11. The molecule has 3 N–H and O–H groups in total. The van der Waals surface area contributed by atoms with Gasteiger partial charge in [-0.3, -0.25) is 9.59 Å². The fourth-order valence-electron chi connectivity index (χ4n) is 0.402. The molecule has 4 nitrogen and oxygen atoms in total. The van der Waals surface area contributed by atoms with Gasteiger partial charge in [-0.05, 0) is 6.42 Å². The Morgan fingerprint density at radius 1 is 1.60 bits per heavy atom. The molecule has 1 atom stereocenters. The van der Waals surface area contributed by atoms with Crippen molar-refractivity contribution in [3.8, 4) is 0 Å². The van der Waals surface area contributed by atoms with Gasteiger partial charge < -0.3 is 10.8 Å². The number of amides is 1. The number of thiol groups is 1. The van der Waals surface area contributed by atoms with Crippen LogP contribution in [0.1, 0.15) is 12.8 Å². The molecule has 0 aromatic rings. The monoisotopic (exact) mass is 163 g/mol. The first-order valence-corrected chi connectivity index (χ1v) is 3.25. The van der Waals surface area contributed by atoms with E-state index in [-0.39, 0.29) is 12.8 Å². The molecule has 0 aromatic heterocycles. The maximum atomic E-state index is 10.1. The highest BCUT2D eigenvalue weighted by atomic mass is 32.1. The number of hydrogen-bond donors (Lipinski definition) is 3. The molecule has 0 aromatic carbocycles. The molecule has 0 aliphatic heterocycles. The van der Waals surface area contributed by atoms with Gasteiger partial charge in [0.1, 0.15) is 0 Å². The minimum absolute atomic E-state index is 0.0699. The minimum atomic E-state index is -1.02. The van der Waals surface area contributed by atoms with E-state index in [9.17, 15) is 9.59 Å². The van der Waals surface area contributed by atoms with Gasteiger partial charge in [-0.2, -0.15) is 12.6 Å². The Labute approximate surface area is 63.8 Å². The van der Waals surface area contributed by atoms with Crippen LogP contribution in [0.3, 0.4) is 0 Å². The fraction of sp³-hybridized carbons (Fsp3) is 0.600. The molecular formula is C5H9NO3S. The zero-order valence-electron chi connectivity index (χ0n) is 5.28. The first-order valence-electron chi connectivity index (χ1n) is 2.73. The van der Waals surface area contributed by atoms with E-state index in [0.717, 1.165) is 0 Å². The van der Waals surface area contributed by atoms with E-state index in [1.807, 2.05) is 0 Å². The first kappa shape index (κ1) is 9.29. The summed E-state index contributed by atoms with van der Waals surface area (Å²) in [5, 5.41) is 7.48. The summed E-state index contributed by atoms with van der Waals surface area (Å²) in [4.78, 5) is 20.2. The van der Waals surface area contributed by atoms with Gasteiger partial charge in [0.05, 0.1) is 5.25 Å². The van der Waals surface area contributed by atoms with E-state index in [2.05, 4.69) is 12.6 Å². The Morgan fingerprint density at radius 3 is 2.40 bits per heavy atom. The van der Waals surface area contributed by atoms with Crippen LogP contribution in [0.15, 0.2) is 0 Å². The summed E-state index contributed by atoms with van der Waals surface area (Å²) in [6.07, 6.45) is 0.258. The topological polar surface area (TPSA) is 80.4 Å². The molecule has 5 heteroatoms. The Morgan fingerprint density at radius 2 is 2.10 bits per heavy atom. The third kappa shape index (κ3) is 4.20. The molecule has 1 amide bonds. The van der Waals surface area contributed by atoms with Gasteiger partial charge in [0.2, 0.25) is 5.91 Å². The second-order valence-corrected chi connectivity index (χ2v) is 2.48. The molecule has 0 rings (SSSR count). The van der Waals surface area contributed by atoms with Crippen molar-refractivity contribution >= 4 is 24.5 Å². The lowest BCUT2D eigenvalue weighted by atomic mass is 10.2. The Kier molecular flexibility index (Phi) is 3.87. The van der Waals surface area contributed by atoms with Crippen molar-refractivity contribution in [2.75, 3.05) is 0 Å². The van der Waals surface area contributed by atoms with Crippen molar-refractivity contribution in [1.82, 2.24) is 0 Å². The van der Waals surface area contributed by atoms with E-state index >= 15 is 0 Å². The van der Waals surface area contributed by atoms with Crippen LogP contribution in [0.4, 0.5) is 0 Å². The zero-order valence-corrected chi connectivity index (χ0v) is 6.17. The predicted molar refractivity (Wildman–Crippen MR) is 38.8 cm³/mol. The van der Waals surface area contributed by atoms with Crippen LogP contribution in [0.5, 0.6) is 0 Å². The second-order valence-electron chi connectivity index (χ2n) is 1.86. The third-order valence-corrected chi connectivity index (χ3v) is 1.43. The lowest BCUT2D eigenvalue weighted by Gasteiger charge is -2.00. The largest absolute Gasteiger partial charge is 0.480 e. The van der Waals surface area contributed by atoms with E-state index in [1.165, 1.54) is 0 Å². The summed E-state index contributed by atoms with van der Waals surface area (Å²) in [6, 6.07) is 0. The molecule has 0 fully saturated rings. The number of carbonyl (C=O) groups excluding carboxylic acids is 1. The molecule has 0 heterocycles. The molecule has 1 unspecified atom stereocenters. The quantitative estimate of drug-likeness (QED) is 0.495. The highest BCUT2D eigenvalue weighted by molar-refractivity contribution is 7.81. The minimum Gasteiger partial charge on any atom is -0.480 e. The third-order valence-electron chi connectivity index (χ3n) is 0.949. The van der Waals surface area contributed by atoms with E-state index < -0.39 is 17.1 Å². The van der Waals surface area contributed by atoms with Crippen molar-refractivity contribution in [2.24, 2.45) is 5.73 Å². The number of hydrogen-bond acceptors (Lipinski definition) is 3. The standard InChI is InChI=1S/C5H9NO3S/c6-4(7)2-1-3(10)5(8)9/h3,10H,1-2H2,(H2,6,7)(H,8,9). The summed E-state index contributed by atoms with van der Waals surface area (Å²) >= 11 is 3.69. The summed E-state index contributed by atoms with van der Waals surface area (Å²) in [7, 11) is 0. The van der Waals surface area contributed by atoms with Crippen molar-refractivity contribution < 1.29 is 14.7 Å². The molecule has 0 saturated heterocycles. The van der Waals surface area contributed by atoms with Crippen LogP contribution in [-0.2, 0) is 9.59 Å². The average molecular weight is 163 g/mol. The maximum absolute atomic E-state index is 10.1. The number of carboxylic acid groups (broad SMARTS) is 1. The summed E-state index contributed by atoms with van der Waals surface area (Å²) in [6.45, 7) is 0. The Bertz CT molecular complexity index is 148. The summed E-state index contributed by atoms with van der Waals surface area (Å²) < 4.78 is 0. The van der Waals surface area contributed by atoms with E-state index in [0.29, 0.717) is 0 Å². The SMILES string of the molecule is NC(=O)CCC(S)C(=O)O. The van der Waals surface area contributed by atoms with E-state index in [1.54, 1.807) is 0 Å². The normalized spacial score (nSPS) is 12.5. The highest BCUT2D eigenvalue weighted by Crippen LogP contribution is 2.03. The van der Waals surface area contributed by atoms with Crippen LogP contribution >= 0.6 is 12.6 Å². The lowest BCUT2D eigenvalue weighted by Crippen LogP contribution is -2.18. The van der Waals surface area contributed by atoms with Crippen LogP contribution in [0.2, 0.25) is 0 Å². The number of carboxylic acids is 1. The zero-order chi connectivity index (χ0) is 8.15. The van der Waals surface area contributed by atoms with Crippen molar-refractivity contribution in [3.05, 3.63) is 0 Å². The number of rotatable bonds is 4. The molecule has 10 heavy (non-hydrogen) atoms. The van der Waals surface area contributed by atoms with Gasteiger partial charge in [-0.15, -0.1) is 0 Å². The molecule has 0 saturated carbocycles. The number of carbonyl (C=O) groups is 2.